The summed E-state index contributed by atoms with van der Waals surface area (Å²) in [6.45, 7) is 4.17. The van der Waals surface area contributed by atoms with Gasteiger partial charge in [-0.3, -0.25) is 0 Å². The Hall–Kier alpha value is 0.210. The van der Waals surface area contributed by atoms with Crippen molar-refractivity contribution in [1.82, 2.24) is 5.32 Å². The minimum absolute atomic E-state index is 0. The van der Waals surface area contributed by atoms with Gasteiger partial charge in [0.1, 0.15) is 0 Å². The molecule has 2 nitrogen and oxygen atoms in total. The molecule has 2 unspecified atom stereocenters. The molecular weight excluding hydrogens is 150 g/mol. The maximum atomic E-state index is 9.24. The average molecular weight is 166 g/mol. The predicted molar refractivity (Wildman–Crippen MR) is 44.5 cm³/mol. The molecule has 10 heavy (non-hydrogen) atoms. The first kappa shape index (κ1) is 10.2. The number of rotatable bonds is 1. The molecule has 0 aliphatic heterocycles. The van der Waals surface area contributed by atoms with Gasteiger partial charge in [-0.15, -0.1) is 12.4 Å². The molecule has 3 heteroatoms. The van der Waals surface area contributed by atoms with E-state index >= 15 is 0 Å². The van der Waals surface area contributed by atoms with Crippen molar-refractivity contribution in [3.05, 3.63) is 0 Å². The molecule has 62 valence electrons. The second kappa shape index (κ2) is 3.07. The van der Waals surface area contributed by atoms with Gasteiger partial charge in [-0.05, 0) is 13.5 Å². The van der Waals surface area contributed by atoms with Crippen LogP contribution in [-0.2, 0) is 0 Å². The van der Waals surface area contributed by atoms with E-state index in [2.05, 4.69) is 19.2 Å². The first-order chi connectivity index (χ1) is 4.09. The monoisotopic (exact) mass is 165 g/mol. The SMILES string of the molecule is CNC1CC(O)C1(C)C.Cl. The van der Waals surface area contributed by atoms with Gasteiger partial charge in [-0.2, -0.15) is 0 Å². The normalized spacial score (nSPS) is 36.0. The van der Waals surface area contributed by atoms with Gasteiger partial charge < -0.3 is 10.4 Å². The summed E-state index contributed by atoms with van der Waals surface area (Å²) in [4.78, 5) is 0. The largest absolute Gasteiger partial charge is 0.392 e. The van der Waals surface area contributed by atoms with Crippen LogP contribution in [0.4, 0.5) is 0 Å². The van der Waals surface area contributed by atoms with Crippen molar-refractivity contribution in [2.45, 2.75) is 32.4 Å². The lowest BCUT2D eigenvalue weighted by molar-refractivity contribution is -0.0698. The van der Waals surface area contributed by atoms with Crippen LogP contribution in [-0.4, -0.2) is 24.3 Å². The van der Waals surface area contributed by atoms with Crippen molar-refractivity contribution in [2.75, 3.05) is 7.05 Å². The zero-order valence-corrected chi connectivity index (χ0v) is 7.53. The van der Waals surface area contributed by atoms with Crippen LogP contribution in [0.2, 0.25) is 0 Å². The fourth-order valence-electron chi connectivity index (χ4n) is 1.39. The standard InChI is InChI=1S/C7H15NO.ClH/c1-7(2)5(8-3)4-6(7)9;/h5-6,8-9H,4H2,1-3H3;1H. The summed E-state index contributed by atoms with van der Waals surface area (Å²) in [5.41, 5.74) is 0.0920. The number of nitrogens with one attached hydrogen (secondary N) is 1. The Kier molecular flexibility index (Phi) is 3.14. The van der Waals surface area contributed by atoms with Crippen LogP contribution in [0.25, 0.3) is 0 Å². The predicted octanol–water partition coefficient (Wildman–Crippen LogP) is 0.787. The van der Waals surface area contributed by atoms with Crippen LogP contribution in [0.3, 0.4) is 0 Å². The number of aliphatic hydroxyl groups excluding tert-OH is 1. The lowest BCUT2D eigenvalue weighted by Crippen LogP contribution is -2.58. The molecule has 0 aromatic carbocycles. The summed E-state index contributed by atoms with van der Waals surface area (Å²) in [6.07, 6.45) is 0.804. The van der Waals surface area contributed by atoms with Gasteiger partial charge in [0.15, 0.2) is 0 Å². The van der Waals surface area contributed by atoms with E-state index in [1.807, 2.05) is 7.05 Å². The molecule has 1 fully saturated rings. The maximum Gasteiger partial charge on any atom is 0.0621 e. The Bertz CT molecular complexity index is 116. The number of hydrogen-bond donors (Lipinski definition) is 2. The van der Waals surface area contributed by atoms with Crippen molar-refractivity contribution in [3.63, 3.8) is 0 Å². The Morgan fingerprint density at radius 3 is 2.10 bits per heavy atom. The van der Waals surface area contributed by atoms with Crippen molar-refractivity contribution in [2.24, 2.45) is 5.41 Å². The Morgan fingerprint density at radius 2 is 2.00 bits per heavy atom. The number of aliphatic hydroxyl groups is 1. The first-order valence-corrected chi connectivity index (χ1v) is 3.44. The second-order valence-corrected chi connectivity index (χ2v) is 3.41. The van der Waals surface area contributed by atoms with E-state index < -0.39 is 0 Å². The molecule has 2 atom stereocenters. The number of halogens is 1. The maximum absolute atomic E-state index is 9.24. The molecule has 0 aromatic rings. The summed E-state index contributed by atoms with van der Waals surface area (Å²) in [5, 5.41) is 12.4. The molecular formula is C7H16ClNO. The van der Waals surface area contributed by atoms with E-state index in [1.165, 1.54) is 0 Å². The molecule has 0 spiro atoms. The smallest absolute Gasteiger partial charge is 0.0621 e. The molecule has 0 radical (unpaired) electrons. The lowest BCUT2D eigenvalue weighted by atomic mass is 9.65. The average Bonchev–Trinajstić information content (AvgIpc) is 1.82. The molecule has 0 aromatic heterocycles. The molecule has 0 bridgehead atoms. The Morgan fingerprint density at radius 1 is 1.50 bits per heavy atom. The van der Waals surface area contributed by atoms with Crippen LogP contribution < -0.4 is 5.32 Å². The third-order valence-corrected chi connectivity index (χ3v) is 2.56. The highest BCUT2D eigenvalue weighted by Gasteiger charge is 2.46. The minimum atomic E-state index is -0.102. The van der Waals surface area contributed by atoms with Crippen LogP contribution >= 0.6 is 12.4 Å². The number of hydrogen-bond acceptors (Lipinski definition) is 2. The molecule has 1 aliphatic rings. The Labute approximate surface area is 68.4 Å². The molecule has 0 amide bonds. The van der Waals surface area contributed by atoms with Crippen LogP contribution in [0, 0.1) is 5.41 Å². The third kappa shape index (κ3) is 1.29. The molecule has 1 rings (SSSR count). The molecule has 0 saturated heterocycles. The van der Waals surface area contributed by atoms with Crippen molar-refractivity contribution in [3.8, 4) is 0 Å². The van der Waals surface area contributed by atoms with Crippen molar-refractivity contribution in [1.29, 1.82) is 0 Å². The van der Waals surface area contributed by atoms with Gasteiger partial charge in [-0.1, -0.05) is 13.8 Å². The topological polar surface area (TPSA) is 32.3 Å². The van der Waals surface area contributed by atoms with Gasteiger partial charge in [0.25, 0.3) is 0 Å². The fourth-order valence-corrected chi connectivity index (χ4v) is 1.39. The van der Waals surface area contributed by atoms with Crippen LogP contribution in [0.5, 0.6) is 0 Å². The van der Waals surface area contributed by atoms with Crippen molar-refractivity contribution < 1.29 is 5.11 Å². The van der Waals surface area contributed by atoms with Gasteiger partial charge in [-0.25, -0.2) is 0 Å². The third-order valence-electron chi connectivity index (χ3n) is 2.56. The summed E-state index contributed by atoms with van der Waals surface area (Å²) in [7, 11) is 1.94. The highest BCUT2D eigenvalue weighted by Crippen LogP contribution is 2.39. The van der Waals surface area contributed by atoms with E-state index in [9.17, 15) is 5.11 Å². The van der Waals surface area contributed by atoms with Gasteiger partial charge in [0.2, 0.25) is 0 Å². The van der Waals surface area contributed by atoms with E-state index in [0.29, 0.717) is 6.04 Å². The quantitative estimate of drug-likeness (QED) is 0.602. The Balaban J connectivity index is 0.000000810. The van der Waals surface area contributed by atoms with Gasteiger partial charge >= 0.3 is 0 Å². The van der Waals surface area contributed by atoms with E-state index in [0.717, 1.165) is 6.42 Å². The molecule has 2 N–H and O–H groups in total. The minimum Gasteiger partial charge on any atom is -0.392 e. The van der Waals surface area contributed by atoms with Crippen LogP contribution in [0.15, 0.2) is 0 Å². The second-order valence-electron chi connectivity index (χ2n) is 3.41. The summed E-state index contributed by atoms with van der Waals surface area (Å²) in [5.74, 6) is 0. The highest BCUT2D eigenvalue weighted by atomic mass is 35.5. The summed E-state index contributed by atoms with van der Waals surface area (Å²) in [6, 6.07) is 0.507. The van der Waals surface area contributed by atoms with E-state index in [1.54, 1.807) is 0 Å². The zero-order chi connectivity index (χ0) is 7.07. The first-order valence-electron chi connectivity index (χ1n) is 3.44. The van der Waals surface area contributed by atoms with E-state index in [4.69, 9.17) is 0 Å². The fraction of sp³-hybridized carbons (Fsp3) is 1.00. The van der Waals surface area contributed by atoms with Crippen LogP contribution in [0.1, 0.15) is 20.3 Å². The summed E-state index contributed by atoms with van der Waals surface area (Å²) < 4.78 is 0. The van der Waals surface area contributed by atoms with Gasteiger partial charge in [0, 0.05) is 11.5 Å². The molecule has 0 heterocycles. The lowest BCUT2D eigenvalue weighted by Gasteiger charge is -2.49. The molecule has 1 saturated carbocycles. The van der Waals surface area contributed by atoms with E-state index in [-0.39, 0.29) is 23.9 Å². The van der Waals surface area contributed by atoms with Crippen molar-refractivity contribution >= 4 is 12.4 Å². The summed E-state index contributed by atoms with van der Waals surface area (Å²) >= 11 is 0. The molecule has 1 aliphatic carbocycles. The highest BCUT2D eigenvalue weighted by molar-refractivity contribution is 5.85. The zero-order valence-electron chi connectivity index (χ0n) is 6.72. The van der Waals surface area contributed by atoms with Gasteiger partial charge in [0.05, 0.1) is 6.10 Å².